The Kier molecular flexibility index (Phi) is 8.99. The summed E-state index contributed by atoms with van der Waals surface area (Å²) >= 11 is 0. The van der Waals surface area contributed by atoms with Crippen LogP contribution in [0, 0.1) is 5.92 Å². The van der Waals surface area contributed by atoms with Gasteiger partial charge in [-0.05, 0) is 24.8 Å². The number of aliphatic hydroxyl groups is 1. The number of hydrogen-bond donors (Lipinski definition) is 1. The number of carbonyl (C=O) groups is 2. The van der Waals surface area contributed by atoms with Crippen LogP contribution in [0.1, 0.15) is 39.2 Å². The van der Waals surface area contributed by atoms with E-state index in [0.29, 0.717) is 6.42 Å². The fourth-order valence-electron chi connectivity index (χ4n) is 2.54. The molecule has 0 saturated heterocycles. The summed E-state index contributed by atoms with van der Waals surface area (Å²) in [4.78, 5) is 25.3. The van der Waals surface area contributed by atoms with Crippen LogP contribution in [0.15, 0.2) is 30.3 Å². The number of ether oxygens (including phenoxy) is 2. The Labute approximate surface area is 149 Å². The standard InChI is InChI=1S/C19H29NO5/c1-5-24-18(22)12-17(21)16(11-14(2)3)20(4)19(23)25-13-15-9-7-6-8-10-15/h6-10,14,16-17,21H,5,11-13H2,1-4H3/t16-,17+/m0/s1. The maximum Gasteiger partial charge on any atom is 0.410 e. The van der Waals surface area contributed by atoms with Crippen molar-refractivity contribution in [2.45, 2.75) is 52.4 Å². The summed E-state index contributed by atoms with van der Waals surface area (Å²) in [7, 11) is 1.58. The van der Waals surface area contributed by atoms with Gasteiger partial charge >= 0.3 is 12.1 Å². The predicted octanol–water partition coefficient (Wildman–Crippen LogP) is 2.98. The quantitative estimate of drug-likeness (QED) is 0.692. The average Bonchev–Trinajstić information content (AvgIpc) is 2.57. The van der Waals surface area contributed by atoms with Crippen LogP contribution in [-0.2, 0) is 20.9 Å². The van der Waals surface area contributed by atoms with E-state index in [-0.39, 0.29) is 25.6 Å². The third-order valence-electron chi connectivity index (χ3n) is 3.83. The van der Waals surface area contributed by atoms with E-state index in [9.17, 15) is 14.7 Å². The number of nitrogens with zero attached hydrogens (tertiary/aromatic N) is 1. The number of carbonyl (C=O) groups excluding carboxylic acids is 2. The maximum atomic E-state index is 12.3. The fourth-order valence-corrected chi connectivity index (χ4v) is 2.54. The van der Waals surface area contributed by atoms with E-state index >= 15 is 0 Å². The number of hydrogen-bond acceptors (Lipinski definition) is 5. The van der Waals surface area contributed by atoms with Gasteiger partial charge < -0.3 is 19.5 Å². The van der Waals surface area contributed by atoms with Crippen molar-refractivity contribution in [2.24, 2.45) is 5.92 Å². The van der Waals surface area contributed by atoms with Gasteiger partial charge in [0.05, 0.1) is 25.2 Å². The van der Waals surface area contributed by atoms with Crippen LogP contribution in [0.4, 0.5) is 4.79 Å². The molecule has 1 aromatic carbocycles. The van der Waals surface area contributed by atoms with Gasteiger partial charge in [-0.25, -0.2) is 4.79 Å². The molecule has 1 amide bonds. The average molecular weight is 351 g/mol. The molecular weight excluding hydrogens is 322 g/mol. The Hall–Kier alpha value is -2.08. The molecule has 140 valence electrons. The lowest BCUT2D eigenvalue weighted by Gasteiger charge is -2.32. The molecule has 0 radical (unpaired) electrons. The minimum atomic E-state index is -1.00. The molecule has 1 aromatic rings. The molecule has 0 aromatic heterocycles. The third kappa shape index (κ3) is 7.56. The van der Waals surface area contributed by atoms with Crippen LogP contribution < -0.4 is 0 Å². The summed E-state index contributed by atoms with van der Waals surface area (Å²) in [6.45, 7) is 6.12. The molecule has 2 atom stereocenters. The molecule has 0 spiro atoms. The van der Waals surface area contributed by atoms with Crippen molar-refractivity contribution in [3.63, 3.8) is 0 Å². The minimum absolute atomic E-state index is 0.151. The van der Waals surface area contributed by atoms with Crippen molar-refractivity contribution in [1.29, 1.82) is 0 Å². The lowest BCUT2D eigenvalue weighted by Crippen LogP contribution is -2.46. The molecule has 0 aliphatic heterocycles. The highest BCUT2D eigenvalue weighted by atomic mass is 16.6. The third-order valence-corrected chi connectivity index (χ3v) is 3.83. The van der Waals surface area contributed by atoms with E-state index in [1.165, 1.54) is 4.90 Å². The summed E-state index contributed by atoms with van der Waals surface area (Å²) in [6, 6.07) is 8.85. The molecule has 1 rings (SSSR count). The van der Waals surface area contributed by atoms with E-state index < -0.39 is 24.2 Å². The zero-order valence-electron chi connectivity index (χ0n) is 15.5. The zero-order valence-corrected chi connectivity index (χ0v) is 15.5. The van der Waals surface area contributed by atoms with Crippen LogP contribution >= 0.6 is 0 Å². The van der Waals surface area contributed by atoms with Crippen molar-refractivity contribution >= 4 is 12.1 Å². The van der Waals surface area contributed by atoms with E-state index in [1.807, 2.05) is 44.2 Å². The van der Waals surface area contributed by atoms with Gasteiger partial charge in [0, 0.05) is 7.05 Å². The maximum absolute atomic E-state index is 12.3. The molecule has 25 heavy (non-hydrogen) atoms. The minimum Gasteiger partial charge on any atom is -0.466 e. The lowest BCUT2D eigenvalue weighted by molar-refractivity contribution is -0.146. The van der Waals surface area contributed by atoms with Crippen LogP contribution in [0.25, 0.3) is 0 Å². The van der Waals surface area contributed by atoms with Gasteiger partial charge in [0.2, 0.25) is 0 Å². The first-order valence-electron chi connectivity index (χ1n) is 8.62. The highest BCUT2D eigenvalue weighted by molar-refractivity contribution is 5.71. The number of aliphatic hydroxyl groups excluding tert-OH is 1. The van der Waals surface area contributed by atoms with Gasteiger partial charge in [-0.15, -0.1) is 0 Å². The van der Waals surface area contributed by atoms with Crippen LogP contribution in [0.5, 0.6) is 0 Å². The molecule has 6 nitrogen and oxygen atoms in total. The second kappa shape index (κ2) is 10.7. The number of likely N-dealkylation sites (N-methyl/N-ethyl adjacent to an activating group) is 1. The zero-order chi connectivity index (χ0) is 18.8. The summed E-state index contributed by atoms with van der Waals surface area (Å²) in [5, 5.41) is 10.4. The topological polar surface area (TPSA) is 76.1 Å². The second-order valence-corrected chi connectivity index (χ2v) is 6.42. The van der Waals surface area contributed by atoms with Gasteiger partial charge in [0.1, 0.15) is 6.61 Å². The largest absolute Gasteiger partial charge is 0.466 e. The normalized spacial score (nSPS) is 13.2. The van der Waals surface area contributed by atoms with Crippen LogP contribution in [0.3, 0.4) is 0 Å². The first kappa shape index (κ1) is 21.0. The summed E-state index contributed by atoms with van der Waals surface area (Å²) in [5.74, 6) is -0.235. The van der Waals surface area contributed by atoms with E-state index in [4.69, 9.17) is 9.47 Å². The highest BCUT2D eigenvalue weighted by Gasteiger charge is 2.30. The van der Waals surface area contributed by atoms with Crippen molar-refractivity contribution in [3.05, 3.63) is 35.9 Å². The number of rotatable bonds is 9. The first-order valence-corrected chi connectivity index (χ1v) is 8.62. The van der Waals surface area contributed by atoms with E-state index in [1.54, 1.807) is 14.0 Å². The van der Waals surface area contributed by atoms with Crippen molar-refractivity contribution in [1.82, 2.24) is 4.90 Å². The fraction of sp³-hybridized carbons (Fsp3) is 0.579. The second-order valence-electron chi connectivity index (χ2n) is 6.42. The SMILES string of the molecule is CCOC(=O)C[C@@H](O)[C@H](CC(C)C)N(C)C(=O)OCc1ccccc1. The Balaban J connectivity index is 2.68. The molecule has 1 N–H and O–H groups in total. The smallest absolute Gasteiger partial charge is 0.410 e. The molecule has 6 heteroatoms. The molecule has 0 aliphatic rings. The first-order chi connectivity index (χ1) is 11.8. The van der Waals surface area contributed by atoms with E-state index in [2.05, 4.69) is 0 Å². The lowest BCUT2D eigenvalue weighted by atomic mass is 9.96. The van der Waals surface area contributed by atoms with E-state index in [0.717, 1.165) is 5.56 Å². The van der Waals surface area contributed by atoms with Crippen molar-refractivity contribution in [3.8, 4) is 0 Å². The van der Waals surface area contributed by atoms with Gasteiger partial charge in [0.25, 0.3) is 0 Å². The number of amides is 1. The Morgan fingerprint density at radius 1 is 1.16 bits per heavy atom. The van der Waals surface area contributed by atoms with Crippen LogP contribution in [0.2, 0.25) is 0 Å². The predicted molar refractivity (Wildman–Crippen MR) is 94.9 cm³/mol. The molecule has 0 heterocycles. The summed E-state index contributed by atoms with van der Waals surface area (Å²) < 4.78 is 10.2. The number of benzene rings is 1. The van der Waals surface area contributed by atoms with Crippen molar-refractivity contribution < 1.29 is 24.2 Å². The number of esters is 1. The molecule has 0 saturated carbocycles. The summed E-state index contributed by atoms with van der Waals surface area (Å²) in [6.07, 6.45) is -1.13. The van der Waals surface area contributed by atoms with Crippen molar-refractivity contribution in [2.75, 3.05) is 13.7 Å². The van der Waals surface area contributed by atoms with Gasteiger partial charge in [-0.3, -0.25) is 4.79 Å². The van der Waals surface area contributed by atoms with Crippen LogP contribution in [-0.4, -0.2) is 47.9 Å². The summed E-state index contributed by atoms with van der Waals surface area (Å²) in [5.41, 5.74) is 0.886. The Morgan fingerprint density at radius 2 is 1.80 bits per heavy atom. The highest BCUT2D eigenvalue weighted by Crippen LogP contribution is 2.18. The van der Waals surface area contributed by atoms with Gasteiger partial charge in [-0.2, -0.15) is 0 Å². The molecular formula is C19H29NO5. The molecule has 0 aliphatic carbocycles. The van der Waals surface area contributed by atoms with Gasteiger partial charge in [0.15, 0.2) is 0 Å². The Bertz CT molecular complexity index is 532. The Morgan fingerprint density at radius 3 is 2.36 bits per heavy atom. The molecule has 0 bridgehead atoms. The van der Waals surface area contributed by atoms with Gasteiger partial charge in [-0.1, -0.05) is 44.2 Å². The molecule has 0 fully saturated rings. The monoisotopic (exact) mass is 351 g/mol. The molecule has 0 unspecified atom stereocenters.